The number of aromatic amines is 1. The maximum absolute atomic E-state index is 5.47. The average molecular weight is 376 g/mol. The van der Waals surface area contributed by atoms with Crippen molar-refractivity contribution in [2.24, 2.45) is 0 Å². The second-order valence-corrected chi connectivity index (χ2v) is 7.46. The first kappa shape index (κ1) is 16.4. The Labute approximate surface area is 162 Å². The molecule has 4 aromatic rings. The third kappa shape index (κ3) is 3.00. The van der Waals surface area contributed by atoms with E-state index in [0.717, 1.165) is 22.5 Å². The fraction of sp³-hybridized carbons (Fsp3) is 0.286. The topological polar surface area (TPSA) is 59.6 Å². The number of benzene rings is 2. The van der Waals surface area contributed by atoms with Gasteiger partial charge in [-0.3, -0.25) is 0 Å². The quantitative estimate of drug-likeness (QED) is 0.451. The first-order valence-electron chi connectivity index (χ1n) is 9.43. The molecule has 0 unspecified atom stereocenters. The highest BCUT2D eigenvalue weighted by molar-refractivity contribution is 7.71. The van der Waals surface area contributed by atoms with E-state index in [1.54, 1.807) is 0 Å². The maximum atomic E-state index is 5.47. The molecule has 5 rings (SSSR count). The fourth-order valence-electron chi connectivity index (χ4n) is 4.08. The Morgan fingerprint density at radius 2 is 1.81 bits per heavy atom. The summed E-state index contributed by atoms with van der Waals surface area (Å²) in [6.07, 6.45) is 6.31. The van der Waals surface area contributed by atoms with Crippen LogP contribution in [0.25, 0.3) is 33.9 Å². The van der Waals surface area contributed by atoms with Crippen molar-refractivity contribution in [2.75, 3.05) is 0 Å². The van der Waals surface area contributed by atoms with Gasteiger partial charge in [0.05, 0.1) is 11.0 Å². The van der Waals surface area contributed by atoms with Crippen molar-refractivity contribution in [1.29, 1.82) is 0 Å². The SMILES string of the molecule is S=c1[nH]nc(-c2ccc3c(c2)nc(-c2ccccc2)n3C2CCCCC2)o1. The van der Waals surface area contributed by atoms with Crippen molar-refractivity contribution in [2.45, 2.75) is 38.1 Å². The summed E-state index contributed by atoms with van der Waals surface area (Å²) >= 11 is 5.00. The largest absolute Gasteiger partial charge is 0.409 e. The molecule has 0 amide bonds. The first-order valence-corrected chi connectivity index (χ1v) is 9.84. The van der Waals surface area contributed by atoms with Crippen molar-refractivity contribution in [3.63, 3.8) is 0 Å². The average Bonchev–Trinajstić information content (AvgIpc) is 3.32. The van der Waals surface area contributed by atoms with Crippen molar-refractivity contribution >= 4 is 23.3 Å². The molecule has 1 N–H and O–H groups in total. The molecule has 6 heteroatoms. The standard InChI is InChI=1S/C21H20N4OS/c27-21-24-23-20(26-21)15-11-12-18-17(13-15)22-19(14-7-3-1-4-8-14)25(18)16-9-5-2-6-10-16/h1,3-4,7-8,11-13,16H,2,5-6,9-10H2,(H,24,27). The maximum Gasteiger partial charge on any atom is 0.284 e. The molecule has 1 aliphatic carbocycles. The van der Waals surface area contributed by atoms with E-state index in [-0.39, 0.29) is 4.84 Å². The Hall–Kier alpha value is -2.73. The number of H-pyrrole nitrogens is 1. The molecule has 5 nitrogen and oxygen atoms in total. The molecule has 0 bridgehead atoms. The van der Waals surface area contributed by atoms with Crippen LogP contribution in [0.3, 0.4) is 0 Å². The number of imidazole rings is 1. The van der Waals surface area contributed by atoms with E-state index in [2.05, 4.69) is 45.1 Å². The van der Waals surface area contributed by atoms with Crippen molar-refractivity contribution < 1.29 is 4.42 Å². The van der Waals surface area contributed by atoms with Gasteiger partial charge in [0.15, 0.2) is 0 Å². The Morgan fingerprint density at radius 3 is 2.56 bits per heavy atom. The molecular weight excluding hydrogens is 356 g/mol. The van der Waals surface area contributed by atoms with E-state index in [0.29, 0.717) is 11.9 Å². The van der Waals surface area contributed by atoms with Crippen LogP contribution in [-0.2, 0) is 0 Å². The van der Waals surface area contributed by atoms with E-state index in [4.69, 9.17) is 21.6 Å². The predicted molar refractivity (Wildman–Crippen MR) is 108 cm³/mol. The third-order valence-electron chi connectivity index (χ3n) is 5.35. The lowest BCUT2D eigenvalue weighted by Crippen LogP contribution is -2.13. The highest BCUT2D eigenvalue weighted by Crippen LogP contribution is 2.36. The molecule has 2 heterocycles. The van der Waals surface area contributed by atoms with Gasteiger partial charge in [-0.1, -0.05) is 49.6 Å². The molecule has 1 fully saturated rings. The normalized spacial score (nSPS) is 15.4. The summed E-state index contributed by atoms with van der Waals surface area (Å²) in [6, 6.07) is 17.1. The van der Waals surface area contributed by atoms with Crippen LogP contribution in [-0.4, -0.2) is 19.7 Å². The zero-order valence-electron chi connectivity index (χ0n) is 14.9. The number of nitrogens with one attached hydrogen (secondary N) is 1. The van der Waals surface area contributed by atoms with Gasteiger partial charge in [-0.25, -0.2) is 10.1 Å². The summed E-state index contributed by atoms with van der Waals surface area (Å²) in [7, 11) is 0. The van der Waals surface area contributed by atoms with Gasteiger partial charge in [0, 0.05) is 17.2 Å². The van der Waals surface area contributed by atoms with Gasteiger partial charge in [-0.15, -0.1) is 5.10 Å². The Kier molecular flexibility index (Phi) is 4.13. The monoisotopic (exact) mass is 376 g/mol. The first-order chi connectivity index (χ1) is 13.3. The molecule has 0 radical (unpaired) electrons. The highest BCUT2D eigenvalue weighted by Gasteiger charge is 2.22. The molecular formula is C21H20N4OS. The molecule has 1 aliphatic rings. The van der Waals surface area contributed by atoms with Crippen LogP contribution < -0.4 is 0 Å². The molecule has 2 aromatic heterocycles. The van der Waals surface area contributed by atoms with Crippen LogP contribution in [0, 0.1) is 4.84 Å². The Morgan fingerprint density at radius 1 is 1.00 bits per heavy atom. The number of fused-ring (bicyclic) bond motifs is 1. The van der Waals surface area contributed by atoms with E-state index >= 15 is 0 Å². The predicted octanol–water partition coefficient (Wildman–Crippen LogP) is 5.92. The van der Waals surface area contributed by atoms with E-state index in [1.165, 1.54) is 37.6 Å². The lowest BCUT2D eigenvalue weighted by Gasteiger charge is -2.25. The van der Waals surface area contributed by atoms with E-state index in [1.807, 2.05) is 18.2 Å². The van der Waals surface area contributed by atoms with Gasteiger partial charge in [0.25, 0.3) is 4.84 Å². The summed E-state index contributed by atoms with van der Waals surface area (Å²) < 4.78 is 7.91. The van der Waals surface area contributed by atoms with Crippen LogP contribution in [0.1, 0.15) is 38.1 Å². The summed E-state index contributed by atoms with van der Waals surface area (Å²) in [5.41, 5.74) is 4.15. The van der Waals surface area contributed by atoms with Crippen molar-refractivity contribution in [3.05, 3.63) is 53.4 Å². The Balaban J connectivity index is 1.70. The van der Waals surface area contributed by atoms with Gasteiger partial charge in [-0.2, -0.15) is 0 Å². The van der Waals surface area contributed by atoms with Crippen LogP contribution >= 0.6 is 12.2 Å². The van der Waals surface area contributed by atoms with Crippen molar-refractivity contribution in [1.82, 2.24) is 19.7 Å². The minimum Gasteiger partial charge on any atom is -0.409 e. The van der Waals surface area contributed by atoms with E-state index < -0.39 is 0 Å². The Bertz CT molecular complexity index is 1140. The van der Waals surface area contributed by atoms with Gasteiger partial charge in [-0.05, 0) is 43.3 Å². The smallest absolute Gasteiger partial charge is 0.284 e. The molecule has 1 saturated carbocycles. The van der Waals surface area contributed by atoms with Crippen LogP contribution in [0.4, 0.5) is 0 Å². The van der Waals surface area contributed by atoms with Gasteiger partial charge < -0.3 is 8.98 Å². The minimum absolute atomic E-state index is 0.280. The van der Waals surface area contributed by atoms with Gasteiger partial charge >= 0.3 is 0 Å². The van der Waals surface area contributed by atoms with Crippen LogP contribution in [0.15, 0.2) is 52.9 Å². The second-order valence-electron chi connectivity index (χ2n) is 7.09. The molecule has 0 aliphatic heterocycles. The number of hydrogen-bond donors (Lipinski definition) is 1. The van der Waals surface area contributed by atoms with Gasteiger partial charge in [0.1, 0.15) is 5.82 Å². The fourth-order valence-corrected chi connectivity index (χ4v) is 4.21. The van der Waals surface area contributed by atoms with Crippen LogP contribution in [0.5, 0.6) is 0 Å². The number of aromatic nitrogens is 4. The number of rotatable bonds is 3. The second kappa shape index (κ2) is 6.78. The molecule has 0 atom stereocenters. The minimum atomic E-state index is 0.280. The summed E-state index contributed by atoms with van der Waals surface area (Å²) in [6.45, 7) is 0. The van der Waals surface area contributed by atoms with E-state index in [9.17, 15) is 0 Å². The molecule has 136 valence electrons. The summed E-state index contributed by atoms with van der Waals surface area (Å²) in [4.78, 5) is 5.29. The molecule has 0 saturated heterocycles. The van der Waals surface area contributed by atoms with Gasteiger partial charge in [0.2, 0.25) is 5.89 Å². The molecule has 2 aromatic carbocycles. The number of hydrogen-bond acceptors (Lipinski definition) is 4. The lowest BCUT2D eigenvalue weighted by atomic mass is 9.95. The number of nitrogens with zero attached hydrogens (tertiary/aromatic N) is 3. The third-order valence-corrected chi connectivity index (χ3v) is 5.52. The molecule has 27 heavy (non-hydrogen) atoms. The van der Waals surface area contributed by atoms with Crippen LogP contribution in [0.2, 0.25) is 0 Å². The van der Waals surface area contributed by atoms with Crippen molar-refractivity contribution in [3.8, 4) is 22.8 Å². The summed E-state index contributed by atoms with van der Waals surface area (Å²) in [5.74, 6) is 1.54. The lowest BCUT2D eigenvalue weighted by molar-refractivity contribution is 0.362. The zero-order valence-corrected chi connectivity index (χ0v) is 15.7. The molecule has 0 spiro atoms. The highest BCUT2D eigenvalue weighted by atomic mass is 32.1. The summed E-state index contributed by atoms with van der Waals surface area (Å²) in [5, 5.41) is 6.82. The zero-order chi connectivity index (χ0) is 18.2.